The highest BCUT2D eigenvalue weighted by molar-refractivity contribution is 7.16. The van der Waals surface area contributed by atoms with Crippen molar-refractivity contribution in [2.45, 2.75) is 25.7 Å². The second-order valence-corrected chi connectivity index (χ2v) is 6.99. The summed E-state index contributed by atoms with van der Waals surface area (Å²) >= 11 is 7.46. The molecule has 2 aromatic rings. The van der Waals surface area contributed by atoms with Gasteiger partial charge in [0.15, 0.2) is 0 Å². The fourth-order valence-electron chi connectivity index (χ4n) is 2.20. The third-order valence-corrected chi connectivity index (χ3v) is 4.63. The molecule has 2 N–H and O–H groups in total. The molecule has 6 heteroatoms. The van der Waals surface area contributed by atoms with Crippen LogP contribution >= 0.6 is 22.9 Å². The Hall–Kier alpha value is -1.85. The summed E-state index contributed by atoms with van der Waals surface area (Å²) in [5.41, 5.74) is 0.903. The van der Waals surface area contributed by atoms with Crippen LogP contribution in [-0.4, -0.2) is 23.5 Å². The molecule has 0 spiro atoms. The lowest BCUT2D eigenvalue weighted by molar-refractivity contribution is -0.120. The third kappa shape index (κ3) is 6.04. The van der Waals surface area contributed by atoms with Gasteiger partial charge in [0.25, 0.3) is 0 Å². The van der Waals surface area contributed by atoms with Crippen LogP contribution in [0.1, 0.15) is 33.6 Å². The average Bonchev–Trinajstić information content (AvgIpc) is 2.92. The molecule has 0 aliphatic heterocycles. The zero-order valence-corrected chi connectivity index (χ0v) is 14.1. The second-order valence-electron chi connectivity index (χ2n) is 5.20. The van der Waals surface area contributed by atoms with E-state index in [-0.39, 0.29) is 17.9 Å². The Kier molecular flexibility index (Phi) is 6.62. The van der Waals surface area contributed by atoms with E-state index in [1.807, 2.05) is 12.1 Å². The van der Waals surface area contributed by atoms with E-state index < -0.39 is 5.97 Å². The largest absolute Gasteiger partial charge is 0.478 e. The van der Waals surface area contributed by atoms with Crippen molar-refractivity contribution in [3.63, 3.8) is 0 Å². The molecule has 23 heavy (non-hydrogen) atoms. The van der Waals surface area contributed by atoms with Gasteiger partial charge in [-0.3, -0.25) is 4.79 Å². The Morgan fingerprint density at radius 2 is 2.00 bits per heavy atom. The van der Waals surface area contributed by atoms with Gasteiger partial charge in [0.1, 0.15) is 0 Å². The summed E-state index contributed by atoms with van der Waals surface area (Å²) in [5.74, 6) is -1.08. The molecule has 0 bridgehead atoms. The Morgan fingerprint density at radius 1 is 1.17 bits per heavy atom. The number of unbranched alkanes of at least 4 members (excludes halogenated alkanes) is 1. The Morgan fingerprint density at radius 3 is 2.70 bits per heavy atom. The molecule has 0 atom stereocenters. The molecule has 0 aliphatic rings. The first-order chi connectivity index (χ1) is 11.0. The van der Waals surface area contributed by atoms with Gasteiger partial charge in [0.05, 0.1) is 16.3 Å². The molecule has 1 aromatic heterocycles. The quantitative estimate of drug-likeness (QED) is 0.711. The lowest BCUT2D eigenvalue weighted by Crippen LogP contribution is -2.26. The first-order valence-corrected chi connectivity index (χ1v) is 8.57. The van der Waals surface area contributed by atoms with Crippen molar-refractivity contribution < 1.29 is 14.7 Å². The highest BCUT2D eigenvalue weighted by atomic mass is 35.5. The van der Waals surface area contributed by atoms with E-state index in [9.17, 15) is 9.59 Å². The van der Waals surface area contributed by atoms with Crippen LogP contribution < -0.4 is 5.32 Å². The molecule has 1 amide bonds. The van der Waals surface area contributed by atoms with Gasteiger partial charge in [-0.15, -0.1) is 11.3 Å². The Bertz CT molecular complexity index is 684. The number of carbonyl (C=O) groups excluding carboxylic acids is 1. The van der Waals surface area contributed by atoms with Crippen molar-refractivity contribution in [2.75, 3.05) is 6.54 Å². The third-order valence-electron chi connectivity index (χ3n) is 3.34. The minimum absolute atomic E-state index is 0.0910. The van der Waals surface area contributed by atoms with Gasteiger partial charge >= 0.3 is 5.97 Å². The van der Waals surface area contributed by atoms with Crippen molar-refractivity contribution in [2.24, 2.45) is 0 Å². The smallest absolute Gasteiger partial charge is 0.335 e. The summed E-state index contributed by atoms with van der Waals surface area (Å²) < 4.78 is 0.803. The zero-order valence-electron chi connectivity index (χ0n) is 12.5. The van der Waals surface area contributed by atoms with E-state index in [1.54, 1.807) is 23.5 Å². The molecule has 1 aromatic carbocycles. The maximum atomic E-state index is 11.9. The molecule has 0 unspecified atom stereocenters. The number of hydrogen-bond donors (Lipinski definition) is 2. The van der Waals surface area contributed by atoms with Crippen molar-refractivity contribution in [1.82, 2.24) is 5.32 Å². The van der Waals surface area contributed by atoms with E-state index in [2.05, 4.69) is 5.32 Å². The van der Waals surface area contributed by atoms with Crippen molar-refractivity contribution in [3.05, 3.63) is 56.7 Å². The highest BCUT2D eigenvalue weighted by Gasteiger charge is 2.07. The maximum absolute atomic E-state index is 11.9. The molecule has 0 radical (unpaired) electrons. The molecule has 0 saturated heterocycles. The fourth-order valence-corrected chi connectivity index (χ4v) is 3.33. The van der Waals surface area contributed by atoms with Gasteiger partial charge in [-0.05, 0) is 49.1 Å². The predicted octanol–water partition coefficient (Wildman–Crippen LogP) is 3.78. The van der Waals surface area contributed by atoms with E-state index in [4.69, 9.17) is 16.7 Å². The number of carbonyl (C=O) groups is 2. The minimum Gasteiger partial charge on any atom is -0.478 e. The molecular formula is C17H18ClNO3S. The molecular weight excluding hydrogens is 334 g/mol. The van der Waals surface area contributed by atoms with Crippen LogP contribution in [0.4, 0.5) is 0 Å². The number of thiophene rings is 1. The standard InChI is InChI=1S/C17H18ClNO3S/c18-15-8-7-14(23-15)6-1-2-9-19-16(20)11-12-4-3-5-13(10-12)17(21)22/h3-5,7-8,10H,1-2,6,9,11H2,(H,19,20)(H,21,22). The minimum atomic E-state index is -0.985. The second kappa shape index (κ2) is 8.70. The number of hydrogen-bond acceptors (Lipinski definition) is 3. The van der Waals surface area contributed by atoms with E-state index in [1.165, 1.54) is 17.0 Å². The Balaban J connectivity index is 1.67. The summed E-state index contributed by atoms with van der Waals surface area (Å²) in [6.45, 7) is 0.622. The number of carboxylic acid groups (broad SMARTS) is 1. The summed E-state index contributed by atoms with van der Waals surface area (Å²) in [7, 11) is 0. The predicted molar refractivity (Wildman–Crippen MR) is 92.4 cm³/mol. The van der Waals surface area contributed by atoms with Crippen molar-refractivity contribution in [1.29, 1.82) is 0 Å². The van der Waals surface area contributed by atoms with E-state index in [0.717, 1.165) is 23.6 Å². The number of nitrogens with one attached hydrogen (secondary N) is 1. The van der Waals surface area contributed by atoms with Crippen LogP contribution in [-0.2, 0) is 17.6 Å². The average molecular weight is 352 g/mol. The summed E-state index contributed by atoms with van der Waals surface area (Å²) in [5, 5.41) is 11.8. The zero-order chi connectivity index (χ0) is 16.7. The van der Waals surface area contributed by atoms with Crippen LogP contribution in [0.5, 0.6) is 0 Å². The van der Waals surface area contributed by atoms with Crippen molar-refractivity contribution >= 4 is 34.8 Å². The van der Waals surface area contributed by atoms with Crippen molar-refractivity contribution in [3.8, 4) is 0 Å². The number of rotatable bonds is 8. The van der Waals surface area contributed by atoms with Crippen LogP contribution in [0.15, 0.2) is 36.4 Å². The number of benzene rings is 1. The summed E-state index contributed by atoms with van der Waals surface area (Å²) in [6.07, 6.45) is 3.05. The van der Waals surface area contributed by atoms with Gasteiger partial charge in [-0.25, -0.2) is 4.79 Å². The molecule has 0 fully saturated rings. The van der Waals surface area contributed by atoms with Gasteiger partial charge in [-0.1, -0.05) is 23.7 Å². The number of amides is 1. The lowest BCUT2D eigenvalue weighted by atomic mass is 10.1. The number of halogens is 1. The van der Waals surface area contributed by atoms with Gasteiger partial charge in [0.2, 0.25) is 5.91 Å². The van der Waals surface area contributed by atoms with E-state index >= 15 is 0 Å². The molecule has 0 saturated carbocycles. The summed E-state index contributed by atoms with van der Waals surface area (Å²) in [6, 6.07) is 10.4. The van der Waals surface area contributed by atoms with Gasteiger partial charge in [0, 0.05) is 11.4 Å². The molecule has 122 valence electrons. The van der Waals surface area contributed by atoms with Crippen LogP contribution in [0.3, 0.4) is 0 Å². The maximum Gasteiger partial charge on any atom is 0.335 e. The summed E-state index contributed by atoms with van der Waals surface area (Å²) in [4.78, 5) is 24.0. The van der Waals surface area contributed by atoms with Crippen LogP contribution in [0.25, 0.3) is 0 Å². The van der Waals surface area contributed by atoms with Crippen LogP contribution in [0, 0.1) is 0 Å². The highest BCUT2D eigenvalue weighted by Crippen LogP contribution is 2.22. The molecule has 1 heterocycles. The number of carboxylic acids is 1. The van der Waals surface area contributed by atoms with Crippen LogP contribution in [0.2, 0.25) is 4.34 Å². The Labute approximate surface area is 144 Å². The van der Waals surface area contributed by atoms with E-state index in [0.29, 0.717) is 12.1 Å². The lowest BCUT2D eigenvalue weighted by Gasteiger charge is -2.06. The number of aryl methyl sites for hydroxylation is 1. The fraction of sp³-hybridized carbons (Fsp3) is 0.294. The number of aromatic carboxylic acids is 1. The first kappa shape index (κ1) is 17.5. The normalized spacial score (nSPS) is 10.5. The molecule has 0 aliphatic carbocycles. The SMILES string of the molecule is O=C(Cc1cccc(C(=O)O)c1)NCCCCc1ccc(Cl)s1. The van der Waals surface area contributed by atoms with Gasteiger partial charge < -0.3 is 10.4 Å². The molecule has 4 nitrogen and oxygen atoms in total. The monoisotopic (exact) mass is 351 g/mol. The molecule has 2 rings (SSSR count). The first-order valence-electron chi connectivity index (χ1n) is 7.38. The van der Waals surface area contributed by atoms with Gasteiger partial charge in [-0.2, -0.15) is 0 Å². The topological polar surface area (TPSA) is 66.4 Å².